The third-order valence-electron chi connectivity index (χ3n) is 4.13. The Bertz CT molecular complexity index is 859. The quantitative estimate of drug-likeness (QED) is 0.563. The molecule has 0 saturated heterocycles. The highest BCUT2D eigenvalue weighted by Crippen LogP contribution is 2.27. The highest BCUT2D eigenvalue weighted by atomic mass is 16.5. The van der Waals surface area contributed by atoms with Crippen molar-refractivity contribution in [2.24, 2.45) is 5.41 Å². The van der Waals surface area contributed by atoms with Gasteiger partial charge in [0.05, 0.1) is 25.0 Å². The number of benzene rings is 2. The second-order valence-electron chi connectivity index (χ2n) is 6.53. The van der Waals surface area contributed by atoms with Gasteiger partial charge in [-0.15, -0.1) is 0 Å². The van der Waals surface area contributed by atoms with Crippen LogP contribution in [-0.2, 0) is 14.3 Å². The molecule has 2 aromatic carbocycles. The number of hydrogen-bond donors (Lipinski definition) is 2. The molecule has 2 aromatic rings. The first kappa shape index (κ1) is 21.0. The summed E-state index contributed by atoms with van der Waals surface area (Å²) in [4.78, 5) is 36.8. The molecule has 28 heavy (non-hydrogen) atoms. The van der Waals surface area contributed by atoms with Crippen LogP contribution in [0.4, 0.5) is 11.4 Å². The number of hydrogen-bond acceptors (Lipinski definition) is 5. The van der Waals surface area contributed by atoms with E-state index in [0.717, 1.165) is 0 Å². The Kier molecular flexibility index (Phi) is 6.76. The maximum Gasteiger partial charge on any atom is 0.337 e. The summed E-state index contributed by atoms with van der Waals surface area (Å²) < 4.78 is 10.1. The van der Waals surface area contributed by atoms with Gasteiger partial charge in [-0.2, -0.15) is 0 Å². The van der Waals surface area contributed by atoms with Crippen molar-refractivity contribution < 1.29 is 23.9 Å². The topological polar surface area (TPSA) is 93.7 Å². The molecule has 0 bridgehead atoms. The van der Waals surface area contributed by atoms with E-state index in [4.69, 9.17) is 4.74 Å². The van der Waals surface area contributed by atoms with Gasteiger partial charge in [-0.25, -0.2) is 4.79 Å². The van der Waals surface area contributed by atoms with Crippen LogP contribution in [0, 0.1) is 5.41 Å². The van der Waals surface area contributed by atoms with Crippen LogP contribution >= 0.6 is 0 Å². The van der Waals surface area contributed by atoms with Gasteiger partial charge < -0.3 is 20.1 Å². The van der Waals surface area contributed by atoms with Gasteiger partial charge in [-0.3, -0.25) is 9.59 Å². The van der Waals surface area contributed by atoms with E-state index in [1.54, 1.807) is 36.4 Å². The highest BCUT2D eigenvalue weighted by Gasteiger charge is 2.36. The fourth-order valence-electron chi connectivity index (χ4n) is 2.33. The lowest BCUT2D eigenvalue weighted by atomic mass is 9.90. The molecule has 148 valence electrons. The summed E-state index contributed by atoms with van der Waals surface area (Å²) >= 11 is 0. The van der Waals surface area contributed by atoms with Crippen LogP contribution in [0.15, 0.2) is 48.5 Å². The predicted octanol–water partition coefficient (Wildman–Crippen LogP) is 3.48. The molecule has 0 fully saturated rings. The van der Waals surface area contributed by atoms with Crippen molar-refractivity contribution in [2.45, 2.75) is 20.8 Å². The van der Waals surface area contributed by atoms with Crippen LogP contribution < -0.4 is 15.4 Å². The predicted molar refractivity (Wildman–Crippen MR) is 106 cm³/mol. The monoisotopic (exact) mass is 384 g/mol. The number of methoxy groups -OCH3 is 1. The van der Waals surface area contributed by atoms with Gasteiger partial charge in [0.2, 0.25) is 11.8 Å². The number of para-hydroxylation sites is 2. The van der Waals surface area contributed by atoms with Gasteiger partial charge in [0.15, 0.2) is 0 Å². The standard InChI is InChI=1S/C21H24N2O5/c1-5-28-17-9-7-6-8-16(17)23-20(26)21(2,3)19(25)22-15-12-10-14(11-13-15)18(24)27-4/h6-13H,5H2,1-4H3,(H,22,25)(H,23,26). The van der Waals surface area contributed by atoms with E-state index in [9.17, 15) is 14.4 Å². The van der Waals surface area contributed by atoms with Gasteiger partial charge in [0.1, 0.15) is 11.2 Å². The zero-order valence-corrected chi connectivity index (χ0v) is 16.4. The van der Waals surface area contributed by atoms with Crippen molar-refractivity contribution in [3.63, 3.8) is 0 Å². The number of nitrogens with one attached hydrogen (secondary N) is 2. The van der Waals surface area contributed by atoms with Crippen LogP contribution in [0.25, 0.3) is 0 Å². The van der Waals surface area contributed by atoms with E-state index < -0.39 is 23.2 Å². The number of carbonyl (C=O) groups excluding carboxylic acids is 3. The Labute approximate surface area is 164 Å². The lowest BCUT2D eigenvalue weighted by Crippen LogP contribution is -2.41. The molecule has 0 aliphatic rings. The SMILES string of the molecule is CCOc1ccccc1NC(=O)C(C)(C)C(=O)Nc1ccc(C(=O)OC)cc1. The number of anilines is 2. The second-order valence-corrected chi connectivity index (χ2v) is 6.53. The molecular formula is C21H24N2O5. The molecule has 2 rings (SSSR count). The average Bonchev–Trinajstić information content (AvgIpc) is 2.69. The van der Waals surface area contributed by atoms with Gasteiger partial charge in [0.25, 0.3) is 0 Å². The molecule has 2 amide bonds. The van der Waals surface area contributed by atoms with E-state index >= 15 is 0 Å². The first-order valence-electron chi connectivity index (χ1n) is 8.82. The third-order valence-corrected chi connectivity index (χ3v) is 4.13. The molecule has 7 heteroatoms. The first-order valence-corrected chi connectivity index (χ1v) is 8.82. The fraction of sp³-hybridized carbons (Fsp3) is 0.286. The van der Waals surface area contributed by atoms with Crippen molar-refractivity contribution in [3.05, 3.63) is 54.1 Å². The molecule has 0 aromatic heterocycles. The van der Waals surface area contributed by atoms with Gasteiger partial charge in [0, 0.05) is 5.69 Å². The molecule has 0 atom stereocenters. The maximum absolute atomic E-state index is 12.7. The van der Waals surface area contributed by atoms with Crippen molar-refractivity contribution >= 4 is 29.2 Å². The molecule has 0 radical (unpaired) electrons. The molecule has 0 aliphatic carbocycles. The molecule has 0 aliphatic heterocycles. The van der Waals surface area contributed by atoms with E-state index in [1.165, 1.54) is 33.1 Å². The summed E-state index contributed by atoms with van der Waals surface area (Å²) in [5.41, 5.74) is -0.0173. The Hall–Kier alpha value is -3.35. The summed E-state index contributed by atoms with van der Waals surface area (Å²) in [7, 11) is 1.29. The van der Waals surface area contributed by atoms with E-state index in [1.807, 2.05) is 6.92 Å². The Morgan fingerprint density at radius 3 is 2.14 bits per heavy atom. The van der Waals surface area contributed by atoms with Crippen molar-refractivity contribution in [1.82, 2.24) is 0 Å². The maximum atomic E-state index is 12.7. The van der Waals surface area contributed by atoms with Crippen LogP contribution in [0.1, 0.15) is 31.1 Å². The summed E-state index contributed by atoms with van der Waals surface area (Å²) in [6.07, 6.45) is 0. The number of carbonyl (C=O) groups is 3. The van der Waals surface area contributed by atoms with Gasteiger partial charge in [-0.05, 0) is 57.2 Å². The van der Waals surface area contributed by atoms with E-state index in [-0.39, 0.29) is 0 Å². The summed E-state index contributed by atoms with van der Waals surface area (Å²) in [5, 5.41) is 5.44. The number of rotatable bonds is 7. The second kappa shape index (κ2) is 9.03. The molecular weight excluding hydrogens is 360 g/mol. The summed E-state index contributed by atoms with van der Waals surface area (Å²) in [6.45, 7) is 5.37. The Morgan fingerprint density at radius 2 is 1.54 bits per heavy atom. The zero-order valence-electron chi connectivity index (χ0n) is 16.4. The normalized spacial score (nSPS) is 10.7. The molecule has 7 nitrogen and oxygen atoms in total. The van der Waals surface area contributed by atoms with Crippen molar-refractivity contribution in [3.8, 4) is 5.75 Å². The van der Waals surface area contributed by atoms with Crippen LogP contribution in [-0.4, -0.2) is 31.5 Å². The summed E-state index contributed by atoms with van der Waals surface area (Å²) in [6, 6.07) is 13.2. The first-order chi connectivity index (χ1) is 13.3. The lowest BCUT2D eigenvalue weighted by molar-refractivity contribution is -0.135. The van der Waals surface area contributed by atoms with Crippen LogP contribution in [0.5, 0.6) is 5.75 Å². The summed E-state index contributed by atoms with van der Waals surface area (Å²) in [5.74, 6) is -0.883. The van der Waals surface area contributed by atoms with Gasteiger partial charge in [-0.1, -0.05) is 12.1 Å². The zero-order chi connectivity index (χ0) is 20.7. The van der Waals surface area contributed by atoms with Crippen molar-refractivity contribution in [2.75, 3.05) is 24.4 Å². The minimum atomic E-state index is -1.35. The minimum Gasteiger partial charge on any atom is -0.492 e. The Balaban J connectivity index is 2.09. The molecule has 0 spiro atoms. The fourth-order valence-corrected chi connectivity index (χ4v) is 2.33. The Morgan fingerprint density at radius 1 is 0.929 bits per heavy atom. The minimum absolute atomic E-state index is 0.366. The number of esters is 1. The molecule has 2 N–H and O–H groups in total. The van der Waals surface area contributed by atoms with Gasteiger partial charge >= 0.3 is 5.97 Å². The third kappa shape index (κ3) is 4.88. The van der Waals surface area contributed by atoms with Crippen LogP contribution in [0.2, 0.25) is 0 Å². The van der Waals surface area contributed by atoms with Crippen LogP contribution in [0.3, 0.4) is 0 Å². The average molecular weight is 384 g/mol. The molecule has 0 unspecified atom stereocenters. The van der Waals surface area contributed by atoms with Crippen molar-refractivity contribution in [1.29, 1.82) is 0 Å². The number of ether oxygens (including phenoxy) is 2. The largest absolute Gasteiger partial charge is 0.492 e. The molecule has 0 heterocycles. The highest BCUT2D eigenvalue weighted by molar-refractivity contribution is 6.14. The lowest BCUT2D eigenvalue weighted by Gasteiger charge is -2.23. The molecule has 0 saturated carbocycles. The van der Waals surface area contributed by atoms with E-state index in [0.29, 0.717) is 29.3 Å². The number of amides is 2. The smallest absolute Gasteiger partial charge is 0.337 e. The van der Waals surface area contributed by atoms with E-state index in [2.05, 4.69) is 15.4 Å².